The number of aromatic nitrogens is 1. The molecule has 0 radical (unpaired) electrons. The molecule has 1 amide bonds. The van der Waals surface area contributed by atoms with Gasteiger partial charge >= 0.3 is 5.91 Å². The largest absolute Gasteiger partial charge is 0.432 e. The van der Waals surface area contributed by atoms with Gasteiger partial charge in [-0.05, 0) is 63.0 Å². The summed E-state index contributed by atoms with van der Waals surface area (Å²) in [4.78, 5) is 18.9. The Morgan fingerprint density at radius 1 is 1.12 bits per heavy atom. The third kappa shape index (κ3) is 6.12. The van der Waals surface area contributed by atoms with E-state index in [1.54, 1.807) is 18.3 Å². The number of oxazole rings is 1. The number of nitrogens with one attached hydrogen (secondary N) is 1. The Hall–Kier alpha value is -2.53. The van der Waals surface area contributed by atoms with E-state index >= 15 is 0 Å². The van der Waals surface area contributed by atoms with Gasteiger partial charge < -0.3 is 14.6 Å². The van der Waals surface area contributed by atoms with Crippen molar-refractivity contribution in [3.05, 3.63) is 70.7 Å². The number of amides is 1. The van der Waals surface area contributed by atoms with Crippen LogP contribution in [0.4, 0.5) is 0 Å². The van der Waals surface area contributed by atoms with Crippen molar-refractivity contribution in [2.45, 2.75) is 30.7 Å². The summed E-state index contributed by atoms with van der Waals surface area (Å²) in [6.07, 6.45) is 3.94. The lowest BCUT2D eigenvalue weighted by Gasteiger charge is -2.44. The van der Waals surface area contributed by atoms with Gasteiger partial charge in [0.25, 0.3) is 16.0 Å². The van der Waals surface area contributed by atoms with Gasteiger partial charge in [-0.3, -0.25) is 9.35 Å². The van der Waals surface area contributed by atoms with E-state index in [0.29, 0.717) is 11.7 Å². The summed E-state index contributed by atoms with van der Waals surface area (Å²) in [6, 6.07) is 13.9. The Balaban J connectivity index is 0.000000210. The summed E-state index contributed by atoms with van der Waals surface area (Å²) in [5.41, 5.74) is 1.86. The number of benzene rings is 2. The molecule has 0 spiro atoms. The highest BCUT2D eigenvalue weighted by Gasteiger charge is 2.35. The fraction of sp³-hybridized carbons (Fsp3) is 0.333. The smallest absolute Gasteiger partial charge is 0.307 e. The lowest BCUT2D eigenvalue weighted by molar-refractivity contribution is 0.0602. The van der Waals surface area contributed by atoms with Gasteiger partial charge in [-0.2, -0.15) is 8.42 Å². The van der Waals surface area contributed by atoms with Crippen LogP contribution in [0.15, 0.2) is 68.5 Å². The zero-order valence-corrected chi connectivity index (χ0v) is 21.0. The lowest BCUT2D eigenvalue weighted by atomic mass is 9.84. The lowest BCUT2D eigenvalue weighted by Crippen LogP contribution is -2.57. The first-order valence-corrected chi connectivity index (χ1v) is 13.2. The van der Waals surface area contributed by atoms with Gasteiger partial charge in [0.15, 0.2) is 5.76 Å². The van der Waals surface area contributed by atoms with E-state index in [9.17, 15) is 13.2 Å². The Bertz CT molecular complexity index is 1230. The molecule has 6 rings (SSSR count). The van der Waals surface area contributed by atoms with Crippen LogP contribution in [-0.2, 0) is 10.1 Å². The van der Waals surface area contributed by atoms with Gasteiger partial charge in [0, 0.05) is 22.6 Å². The number of fused-ring (bicyclic) bond motifs is 3. The number of rotatable bonds is 4. The van der Waals surface area contributed by atoms with Gasteiger partial charge in [0.1, 0.15) is 0 Å². The van der Waals surface area contributed by atoms with E-state index < -0.39 is 10.1 Å². The molecule has 3 aliphatic rings. The highest BCUT2D eigenvalue weighted by molar-refractivity contribution is 9.10. The summed E-state index contributed by atoms with van der Waals surface area (Å²) in [7, 11) is -4.02. The van der Waals surface area contributed by atoms with Crippen LogP contribution < -0.4 is 5.32 Å². The number of halogens is 1. The molecule has 0 aliphatic carbocycles. The Morgan fingerprint density at radius 2 is 1.76 bits per heavy atom. The summed E-state index contributed by atoms with van der Waals surface area (Å²) in [5.74, 6) is 1.12. The van der Waals surface area contributed by atoms with Crippen molar-refractivity contribution in [3.63, 3.8) is 0 Å². The highest BCUT2D eigenvalue weighted by atomic mass is 79.9. The van der Waals surface area contributed by atoms with Gasteiger partial charge in [0.05, 0.1) is 11.1 Å². The van der Waals surface area contributed by atoms with Gasteiger partial charge in [-0.25, -0.2) is 4.98 Å². The molecule has 1 atom stereocenters. The molecule has 4 heterocycles. The van der Waals surface area contributed by atoms with Crippen LogP contribution in [-0.4, -0.2) is 54.4 Å². The predicted molar refractivity (Wildman–Crippen MR) is 131 cm³/mol. The van der Waals surface area contributed by atoms with Crippen molar-refractivity contribution < 1.29 is 22.2 Å². The average molecular weight is 548 g/mol. The molecule has 0 unspecified atom stereocenters. The topological polar surface area (TPSA) is 113 Å². The van der Waals surface area contributed by atoms with Crippen LogP contribution in [0.1, 0.15) is 29.1 Å². The molecule has 34 heavy (non-hydrogen) atoms. The van der Waals surface area contributed by atoms with E-state index in [1.807, 2.05) is 31.2 Å². The maximum Gasteiger partial charge on any atom is 0.307 e. The van der Waals surface area contributed by atoms with Gasteiger partial charge in [0.2, 0.25) is 0 Å². The Kier molecular flexibility index (Phi) is 7.51. The van der Waals surface area contributed by atoms with Crippen LogP contribution in [0.5, 0.6) is 0 Å². The van der Waals surface area contributed by atoms with E-state index in [2.05, 4.69) is 31.1 Å². The summed E-state index contributed by atoms with van der Waals surface area (Å²) < 4.78 is 36.2. The molecule has 10 heteroatoms. The van der Waals surface area contributed by atoms with Crippen molar-refractivity contribution in [2.75, 3.05) is 19.6 Å². The maximum absolute atomic E-state index is 12.4. The van der Waals surface area contributed by atoms with Gasteiger partial charge in [-0.15, -0.1) is 0 Å². The molecule has 3 saturated heterocycles. The number of hydrogen-bond donors (Lipinski definition) is 2. The molecule has 3 aromatic rings. The normalized spacial score (nSPS) is 21.4. The molecule has 180 valence electrons. The number of carbonyl (C=O) groups is 1. The van der Waals surface area contributed by atoms with E-state index in [1.165, 1.54) is 25.0 Å². The van der Waals surface area contributed by atoms with Crippen LogP contribution in [0.3, 0.4) is 0 Å². The van der Waals surface area contributed by atoms with Crippen LogP contribution in [0, 0.1) is 12.8 Å². The second-order valence-corrected chi connectivity index (χ2v) is 10.9. The summed E-state index contributed by atoms with van der Waals surface area (Å²) >= 11 is 3.40. The number of carbonyl (C=O) groups excluding carboxylic acids is 1. The molecule has 1 aromatic heterocycles. The second kappa shape index (κ2) is 10.4. The second-order valence-electron chi connectivity index (χ2n) is 8.54. The molecule has 3 fully saturated rings. The molecule has 3 aliphatic heterocycles. The molecule has 2 N–H and O–H groups in total. The quantitative estimate of drug-likeness (QED) is 0.471. The molecule has 2 aromatic carbocycles. The Labute approximate surface area is 207 Å². The molecule has 0 saturated carbocycles. The fourth-order valence-electron chi connectivity index (χ4n) is 4.20. The zero-order valence-electron chi connectivity index (χ0n) is 18.6. The van der Waals surface area contributed by atoms with E-state index in [0.717, 1.165) is 35.2 Å². The number of nitrogens with zero attached hydrogens (tertiary/aromatic N) is 2. The van der Waals surface area contributed by atoms with Crippen molar-refractivity contribution in [1.82, 2.24) is 15.2 Å². The van der Waals surface area contributed by atoms with Gasteiger partial charge in [-0.1, -0.05) is 45.8 Å². The molecular weight excluding hydrogens is 522 g/mol. The van der Waals surface area contributed by atoms with Crippen LogP contribution in [0.25, 0.3) is 11.3 Å². The number of aryl methyl sites for hydroxylation is 1. The van der Waals surface area contributed by atoms with Crippen molar-refractivity contribution in [3.8, 4) is 11.3 Å². The number of piperidine rings is 3. The maximum atomic E-state index is 12.4. The van der Waals surface area contributed by atoms with Crippen molar-refractivity contribution in [1.29, 1.82) is 0 Å². The zero-order chi connectivity index (χ0) is 24.3. The molecule has 8 nitrogen and oxygen atoms in total. The highest BCUT2D eigenvalue weighted by Crippen LogP contribution is 2.28. The van der Waals surface area contributed by atoms with Crippen LogP contribution in [0.2, 0.25) is 0 Å². The monoisotopic (exact) mass is 547 g/mol. The average Bonchev–Trinajstić information content (AvgIpc) is 3.31. The number of hydrogen-bond acceptors (Lipinski definition) is 6. The minimum atomic E-state index is -4.02. The SMILES string of the molecule is Cc1ccc(S(=O)(=O)O)cc1.O=C(N[C@H]1CN2CCC1CC2)c1ncc(-c2ccc(Br)cc2)o1. The van der Waals surface area contributed by atoms with E-state index in [-0.39, 0.29) is 22.7 Å². The predicted octanol–water partition coefficient (Wildman–Crippen LogP) is 4.17. The Morgan fingerprint density at radius 3 is 2.32 bits per heavy atom. The summed E-state index contributed by atoms with van der Waals surface area (Å²) in [5, 5.41) is 3.10. The van der Waals surface area contributed by atoms with Crippen molar-refractivity contribution in [2.24, 2.45) is 5.92 Å². The fourth-order valence-corrected chi connectivity index (χ4v) is 4.94. The third-order valence-electron chi connectivity index (χ3n) is 6.12. The molecule has 2 bridgehead atoms. The third-order valence-corrected chi connectivity index (χ3v) is 7.52. The minimum Gasteiger partial charge on any atom is -0.432 e. The van der Waals surface area contributed by atoms with E-state index in [4.69, 9.17) is 8.97 Å². The van der Waals surface area contributed by atoms with Crippen LogP contribution >= 0.6 is 15.9 Å². The van der Waals surface area contributed by atoms with Crippen molar-refractivity contribution >= 4 is 32.0 Å². The first-order chi connectivity index (χ1) is 16.2. The standard InChI is InChI=1S/C17H18BrN3O2.C7H8O3S/c18-13-3-1-12(2-4-13)15-9-19-17(23-15)16(22)20-14-10-21-7-5-11(14)6-8-21;1-6-2-4-7(5-3-6)11(8,9)10/h1-4,9,11,14H,5-8,10H2,(H,20,22);2-5H,1H3,(H,8,9,10)/t14-;/m0./s1. The minimum absolute atomic E-state index is 0.0666. The molecular formula is C24H26BrN3O5S. The first kappa shape index (κ1) is 24.6. The summed E-state index contributed by atoms with van der Waals surface area (Å²) in [6.45, 7) is 5.10. The first-order valence-electron chi connectivity index (χ1n) is 11.0.